The first-order valence-corrected chi connectivity index (χ1v) is 4.62. The lowest BCUT2D eigenvalue weighted by Crippen LogP contribution is -2.34. The second-order valence-corrected chi connectivity index (χ2v) is 3.34. The molecule has 1 rings (SSSR count). The van der Waals surface area contributed by atoms with Gasteiger partial charge in [0.2, 0.25) is 0 Å². The number of carbonyl (C=O) groups is 1. The predicted octanol–water partition coefficient (Wildman–Crippen LogP) is -0.113. The number of rotatable bonds is 4. The van der Waals surface area contributed by atoms with Gasteiger partial charge in [0, 0.05) is 13.1 Å². The minimum absolute atomic E-state index is 0.0994. The van der Waals surface area contributed by atoms with Crippen LogP contribution in [-0.4, -0.2) is 28.0 Å². The molecule has 5 heteroatoms. The fourth-order valence-corrected chi connectivity index (χ4v) is 1.20. The summed E-state index contributed by atoms with van der Waals surface area (Å²) >= 11 is 0. The Hall–Kier alpha value is -1.36. The molecule has 1 atom stereocenters. The van der Waals surface area contributed by atoms with Crippen molar-refractivity contribution in [1.82, 2.24) is 14.9 Å². The number of aromatic nitrogens is 2. The summed E-state index contributed by atoms with van der Waals surface area (Å²) in [7, 11) is 1.79. The fourth-order valence-electron chi connectivity index (χ4n) is 1.20. The first-order chi connectivity index (χ1) is 6.65. The van der Waals surface area contributed by atoms with E-state index < -0.39 is 0 Å². The van der Waals surface area contributed by atoms with Gasteiger partial charge in [0.15, 0.2) is 0 Å². The van der Waals surface area contributed by atoms with Crippen molar-refractivity contribution in [3.8, 4) is 0 Å². The van der Waals surface area contributed by atoms with Crippen LogP contribution in [0.25, 0.3) is 0 Å². The SMILES string of the molecule is CC(CCN)NC(=O)c1cncn1C. The molecule has 1 aromatic heterocycles. The lowest BCUT2D eigenvalue weighted by molar-refractivity contribution is 0.0930. The van der Waals surface area contributed by atoms with Crippen LogP contribution in [0.15, 0.2) is 12.5 Å². The van der Waals surface area contributed by atoms with Gasteiger partial charge in [-0.15, -0.1) is 0 Å². The van der Waals surface area contributed by atoms with Gasteiger partial charge in [0.25, 0.3) is 5.91 Å². The smallest absolute Gasteiger partial charge is 0.269 e. The number of carbonyl (C=O) groups excluding carboxylic acids is 1. The molecule has 0 aliphatic rings. The van der Waals surface area contributed by atoms with Gasteiger partial charge in [-0.2, -0.15) is 0 Å². The molecule has 1 aromatic rings. The van der Waals surface area contributed by atoms with Crippen LogP contribution in [-0.2, 0) is 7.05 Å². The Kier molecular flexibility index (Phi) is 3.64. The van der Waals surface area contributed by atoms with E-state index in [0.29, 0.717) is 12.2 Å². The predicted molar refractivity (Wildman–Crippen MR) is 53.8 cm³/mol. The number of aryl methyl sites for hydroxylation is 1. The maximum atomic E-state index is 11.6. The number of nitrogens with two attached hydrogens (primary N) is 1. The number of amides is 1. The Labute approximate surface area is 83.3 Å². The molecule has 0 aliphatic heterocycles. The molecule has 0 spiro atoms. The van der Waals surface area contributed by atoms with E-state index in [1.807, 2.05) is 6.92 Å². The summed E-state index contributed by atoms with van der Waals surface area (Å²) in [6, 6.07) is 0.0994. The standard InChI is InChI=1S/C9H16N4O/c1-7(3-4-10)12-9(14)8-5-11-6-13(8)2/h5-7H,3-4,10H2,1-2H3,(H,12,14). The van der Waals surface area contributed by atoms with Crippen molar-refractivity contribution >= 4 is 5.91 Å². The van der Waals surface area contributed by atoms with Gasteiger partial charge in [0.05, 0.1) is 12.5 Å². The molecule has 1 heterocycles. The van der Waals surface area contributed by atoms with E-state index in [4.69, 9.17) is 5.73 Å². The Morgan fingerprint density at radius 2 is 2.50 bits per heavy atom. The van der Waals surface area contributed by atoms with Crippen molar-refractivity contribution in [1.29, 1.82) is 0 Å². The average molecular weight is 196 g/mol. The number of hydrogen-bond donors (Lipinski definition) is 2. The van der Waals surface area contributed by atoms with Crippen LogP contribution in [0, 0.1) is 0 Å². The second-order valence-electron chi connectivity index (χ2n) is 3.34. The number of nitrogens with zero attached hydrogens (tertiary/aromatic N) is 2. The number of hydrogen-bond acceptors (Lipinski definition) is 3. The van der Waals surface area contributed by atoms with Gasteiger partial charge in [-0.3, -0.25) is 4.79 Å². The van der Waals surface area contributed by atoms with Crippen molar-refractivity contribution in [2.45, 2.75) is 19.4 Å². The van der Waals surface area contributed by atoms with Crippen molar-refractivity contribution in [3.63, 3.8) is 0 Å². The molecule has 1 amide bonds. The first kappa shape index (κ1) is 10.7. The van der Waals surface area contributed by atoms with Crippen molar-refractivity contribution in [2.75, 3.05) is 6.54 Å². The van der Waals surface area contributed by atoms with E-state index in [9.17, 15) is 4.79 Å². The lowest BCUT2D eigenvalue weighted by atomic mass is 10.2. The summed E-state index contributed by atoms with van der Waals surface area (Å²) in [5.74, 6) is -0.106. The summed E-state index contributed by atoms with van der Waals surface area (Å²) < 4.78 is 1.69. The van der Waals surface area contributed by atoms with E-state index in [1.54, 1.807) is 24.1 Å². The third kappa shape index (κ3) is 2.56. The van der Waals surface area contributed by atoms with Crippen LogP contribution in [0.1, 0.15) is 23.8 Å². The van der Waals surface area contributed by atoms with Crippen LogP contribution in [0.4, 0.5) is 0 Å². The van der Waals surface area contributed by atoms with Gasteiger partial charge in [-0.05, 0) is 19.9 Å². The van der Waals surface area contributed by atoms with Gasteiger partial charge in [0.1, 0.15) is 5.69 Å². The molecule has 5 nitrogen and oxygen atoms in total. The van der Waals surface area contributed by atoms with E-state index in [1.165, 1.54) is 0 Å². The maximum Gasteiger partial charge on any atom is 0.269 e. The van der Waals surface area contributed by atoms with Crippen LogP contribution >= 0.6 is 0 Å². The summed E-state index contributed by atoms with van der Waals surface area (Å²) in [6.07, 6.45) is 3.93. The Morgan fingerprint density at radius 1 is 1.79 bits per heavy atom. The highest BCUT2D eigenvalue weighted by Crippen LogP contribution is 1.97. The zero-order chi connectivity index (χ0) is 10.6. The quantitative estimate of drug-likeness (QED) is 0.705. The van der Waals surface area contributed by atoms with Crippen LogP contribution in [0.2, 0.25) is 0 Å². The zero-order valence-corrected chi connectivity index (χ0v) is 8.53. The molecule has 3 N–H and O–H groups in total. The molecule has 0 saturated carbocycles. The number of imidazole rings is 1. The minimum atomic E-state index is -0.106. The highest BCUT2D eigenvalue weighted by Gasteiger charge is 2.11. The normalized spacial score (nSPS) is 12.5. The zero-order valence-electron chi connectivity index (χ0n) is 8.53. The molecule has 78 valence electrons. The molecular formula is C9H16N4O. The maximum absolute atomic E-state index is 11.6. The largest absolute Gasteiger partial charge is 0.348 e. The second kappa shape index (κ2) is 4.76. The van der Waals surface area contributed by atoms with E-state index in [-0.39, 0.29) is 11.9 Å². The topological polar surface area (TPSA) is 72.9 Å². The summed E-state index contributed by atoms with van der Waals surface area (Å²) in [5.41, 5.74) is 5.95. The Morgan fingerprint density at radius 3 is 3.00 bits per heavy atom. The van der Waals surface area contributed by atoms with Crippen LogP contribution in [0.3, 0.4) is 0 Å². The Bertz CT molecular complexity index is 308. The van der Waals surface area contributed by atoms with Crippen LogP contribution in [0.5, 0.6) is 0 Å². The molecule has 0 bridgehead atoms. The Balaban J connectivity index is 2.55. The molecule has 0 aliphatic carbocycles. The molecule has 0 fully saturated rings. The van der Waals surface area contributed by atoms with E-state index >= 15 is 0 Å². The van der Waals surface area contributed by atoms with Crippen molar-refractivity contribution < 1.29 is 4.79 Å². The summed E-state index contributed by atoms with van der Waals surface area (Å²) in [5, 5.41) is 2.84. The van der Waals surface area contributed by atoms with Gasteiger partial charge in [-0.1, -0.05) is 0 Å². The molecule has 0 aromatic carbocycles. The van der Waals surface area contributed by atoms with E-state index in [0.717, 1.165) is 6.42 Å². The molecule has 0 saturated heterocycles. The highest BCUT2D eigenvalue weighted by atomic mass is 16.2. The third-order valence-electron chi connectivity index (χ3n) is 2.03. The molecule has 14 heavy (non-hydrogen) atoms. The van der Waals surface area contributed by atoms with Crippen LogP contribution < -0.4 is 11.1 Å². The minimum Gasteiger partial charge on any atom is -0.348 e. The monoisotopic (exact) mass is 196 g/mol. The lowest BCUT2D eigenvalue weighted by Gasteiger charge is -2.12. The van der Waals surface area contributed by atoms with Gasteiger partial charge < -0.3 is 15.6 Å². The molecule has 1 unspecified atom stereocenters. The third-order valence-corrected chi connectivity index (χ3v) is 2.03. The first-order valence-electron chi connectivity index (χ1n) is 4.62. The van der Waals surface area contributed by atoms with Gasteiger partial charge in [-0.25, -0.2) is 4.98 Å². The summed E-state index contributed by atoms with van der Waals surface area (Å²) in [4.78, 5) is 15.5. The average Bonchev–Trinajstić information content (AvgIpc) is 2.51. The number of nitrogens with one attached hydrogen (secondary N) is 1. The van der Waals surface area contributed by atoms with E-state index in [2.05, 4.69) is 10.3 Å². The van der Waals surface area contributed by atoms with Crippen molar-refractivity contribution in [3.05, 3.63) is 18.2 Å². The van der Waals surface area contributed by atoms with Gasteiger partial charge >= 0.3 is 0 Å². The van der Waals surface area contributed by atoms with Crippen molar-refractivity contribution in [2.24, 2.45) is 12.8 Å². The molecule has 0 radical (unpaired) electrons. The summed E-state index contributed by atoms with van der Waals surface area (Å²) in [6.45, 7) is 2.51. The molecular weight excluding hydrogens is 180 g/mol. The highest BCUT2D eigenvalue weighted by molar-refractivity contribution is 5.92. The fraction of sp³-hybridized carbons (Fsp3) is 0.556.